The summed E-state index contributed by atoms with van der Waals surface area (Å²) in [5.74, 6) is 0.232. The molecule has 2 saturated heterocycles. The van der Waals surface area contributed by atoms with Crippen molar-refractivity contribution in [2.45, 2.75) is 31.5 Å². The molecule has 3 heterocycles. The summed E-state index contributed by atoms with van der Waals surface area (Å²) < 4.78 is 17.5. The number of carbonyl (C=O) groups is 1. The van der Waals surface area contributed by atoms with Gasteiger partial charge in [0.15, 0.2) is 5.76 Å². The largest absolute Gasteiger partial charge is 0.451 e. The van der Waals surface area contributed by atoms with Crippen LogP contribution in [0, 0.1) is 0 Å². The van der Waals surface area contributed by atoms with E-state index in [0.717, 1.165) is 24.8 Å². The summed E-state index contributed by atoms with van der Waals surface area (Å²) in [6.07, 6.45) is 1.84. The van der Waals surface area contributed by atoms with E-state index >= 15 is 0 Å². The number of carbonyl (C=O) groups excluding carboxylic acids is 1. The Balaban J connectivity index is 1.59. The Kier molecular flexibility index (Phi) is 4.03. The first kappa shape index (κ1) is 15.9. The van der Waals surface area contributed by atoms with Gasteiger partial charge in [-0.3, -0.25) is 4.79 Å². The minimum atomic E-state index is -0.388. The normalized spacial score (nSPS) is 27.8. The molecule has 0 aliphatic carbocycles. The van der Waals surface area contributed by atoms with Crippen LogP contribution in [0.5, 0.6) is 0 Å². The monoisotopic (exact) mass is 349 g/mol. The number of amides is 1. The summed E-state index contributed by atoms with van der Waals surface area (Å²) >= 11 is 6.01. The van der Waals surface area contributed by atoms with E-state index in [1.165, 1.54) is 0 Å². The van der Waals surface area contributed by atoms with Crippen molar-refractivity contribution in [2.75, 3.05) is 26.3 Å². The van der Waals surface area contributed by atoms with Gasteiger partial charge < -0.3 is 18.8 Å². The highest BCUT2D eigenvalue weighted by Crippen LogP contribution is 2.31. The fraction of sp³-hybridized carbons (Fsp3) is 0.500. The number of ether oxygens (including phenoxy) is 2. The molecule has 2 fully saturated rings. The number of hydrogen-bond acceptors (Lipinski definition) is 4. The minimum absolute atomic E-state index is 0.0248. The number of morpholine rings is 1. The van der Waals surface area contributed by atoms with Crippen LogP contribution in [0.4, 0.5) is 0 Å². The third kappa shape index (κ3) is 2.92. The molecular weight excluding hydrogens is 330 g/mol. The van der Waals surface area contributed by atoms with Crippen LogP contribution in [0.15, 0.2) is 28.7 Å². The molecule has 128 valence electrons. The Morgan fingerprint density at radius 2 is 2.25 bits per heavy atom. The molecule has 2 aromatic rings. The third-order valence-electron chi connectivity index (χ3n) is 4.67. The van der Waals surface area contributed by atoms with Crippen molar-refractivity contribution in [1.82, 2.24) is 4.90 Å². The van der Waals surface area contributed by atoms with Gasteiger partial charge in [-0.2, -0.15) is 0 Å². The van der Waals surface area contributed by atoms with Crippen molar-refractivity contribution in [3.8, 4) is 0 Å². The number of furan rings is 1. The van der Waals surface area contributed by atoms with Gasteiger partial charge in [-0.25, -0.2) is 0 Å². The topological polar surface area (TPSA) is 51.9 Å². The van der Waals surface area contributed by atoms with Gasteiger partial charge in [0, 0.05) is 23.6 Å². The highest BCUT2D eigenvalue weighted by atomic mass is 35.5. The van der Waals surface area contributed by atoms with Gasteiger partial charge in [-0.1, -0.05) is 11.6 Å². The van der Waals surface area contributed by atoms with Crippen molar-refractivity contribution in [3.63, 3.8) is 0 Å². The highest BCUT2D eigenvalue weighted by Gasteiger charge is 2.43. The number of rotatable bonds is 1. The van der Waals surface area contributed by atoms with Gasteiger partial charge >= 0.3 is 0 Å². The summed E-state index contributed by atoms with van der Waals surface area (Å²) in [6.45, 7) is 4.38. The van der Waals surface area contributed by atoms with Gasteiger partial charge in [-0.05, 0) is 44.0 Å². The molecule has 0 N–H and O–H groups in total. The number of nitrogens with zero attached hydrogens (tertiary/aromatic N) is 1. The van der Waals surface area contributed by atoms with E-state index in [0.29, 0.717) is 36.1 Å². The van der Waals surface area contributed by atoms with Crippen LogP contribution in [0.3, 0.4) is 0 Å². The standard InChI is InChI=1S/C18H20ClNO4/c1-12-9-20(10-18(24-12)5-2-6-22-11-18)17(21)16-8-13-7-14(19)3-4-15(13)23-16/h3-4,7-8,12H,2,5-6,9-11H2,1H3. The van der Waals surface area contributed by atoms with Crippen molar-refractivity contribution in [3.05, 3.63) is 35.0 Å². The number of hydrogen-bond donors (Lipinski definition) is 0. The maximum Gasteiger partial charge on any atom is 0.289 e. The average molecular weight is 350 g/mol. The van der Waals surface area contributed by atoms with E-state index < -0.39 is 0 Å². The summed E-state index contributed by atoms with van der Waals surface area (Å²) in [7, 11) is 0. The third-order valence-corrected chi connectivity index (χ3v) is 4.91. The summed E-state index contributed by atoms with van der Waals surface area (Å²) in [5.41, 5.74) is 0.278. The molecule has 0 radical (unpaired) electrons. The van der Waals surface area contributed by atoms with Gasteiger partial charge in [0.25, 0.3) is 5.91 Å². The second-order valence-corrected chi connectivity index (χ2v) is 7.18. The van der Waals surface area contributed by atoms with Crippen molar-refractivity contribution >= 4 is 28.5 Å². The van der Waals surface area contributed by atoms with Gasteiger partial charge in [0.1, 0.15) is 11.2 Å². The van der Waals surface area contributed by atoms with Gasteiger partial charge in [0.2, 0.25) is 0 Å². The predicted octanol–water partition coefficient (Wildman–Crippen LogP) is 3.50. The van der Waals surface area contributed by atoms with Crippen LogP contribution in [0.1, 0.15) is 30.3 Å². The molecule has 0 bridgehead atoms. The van der Waals surface area contributed by atoms with Gasteiger partial charge in [-0.15, -0.1) is 0 Å². The molecule has 5 nitrogen and oxygen atoms in total. The summed E-state index contributed by atoms with van der Waals surface area (Å²) in [6, 6.07) is 7.10. The smallest absolute Gasteiger partial charge is 0.289 e. The van der Waals surface area contributed by atoms with Crippen LogP contribution in [-0.4, -0.2) is 48.8 Å². The summed E-state index contributed by atoms with van der Waals surface area (Å²) in [4.78, 5) is 14.8. The number of fused-ring (bicyclic) bond motifs is 1. The average Bonchev–Trinajstić information content (AvgIpc) is 2.97. The predicted molar refractivity (Wildman–Crippen MR) is 90.5 cm³/mol. The lowest BCUT2D eigenvalue weighted by atomic mass is 9.93. The van der Waals surface area contributed by atoms with Crippen LogP contribution < -0.4 is 0 Å². The Morgan fingerprint density at radius 1 is 1.38 bits per heavy atom. The lowest BCUT2D eigenvalue weighted by Gasteiger charge is -2.46. The first-order valence-corrected chi connectivity index (χ1v) is 8.66. The van der Waals surface area contributed by atoms with Crippen molar-refractivity contribution in [2.24, 2.45) is 0 Å². The molecule has 0 saturated carbocycles. The molecule has 1 amide bonds. The van der Waals surface area contributed by atoms with E-state index in [1.807, 2.05) is 11.8 Å². The fourth-order valence-corrected chi connectivity index (χ4v) is 3.88. The highest BCUT2D eigenvalue weighted by molar-refractivity contribution is 6.31. The molecule has 2 unspecified atom stereocenters. The van der Waals surface area contributed by atoms with Crippen molar-refractivity contribution < 1.29 is 18.7 Å². The van der Waals surface area contributed by atoms with E-state index in [4.69, 9.17) is 25.5 Å². The molecule has 1 spiro atoms. The molecule has 2 atom stereocenters. The lowest BCUT2D eigenvalue weighted by Crippen LogP contribution is -2.59. The maximum absolute atomic E-state index is 12.9. The molecule has 2 aliphatic heterocycles. The second-order valence-electron chi connectivity index (χ2n) is 6.75. The molecular formula is C18H20ClNO4. The quantitative estimate of drug-likeness (QED) is 0.790. The number of halogens is 1. The Morgan fingerprint density at radius 3 is 3.04 bits per heavy atom. The van der Waals surface area contributed by atoms with E-state index in [9.17, 15) is 4.79 Å². The van der Waals surface area contributed by atoms with E-state index in [1.54, 1.807) is 24.3 Å². The Hall–Kier alpha value is -1.56. The molecule has 6 heteroatoms. The number of benzene rings is 1. The van der Waals surface area contributed by atoms with Crippen LogP contribution in [0.2, 0.25) is 5.02 Å². The first-order chi connectivity index (χ1) is 11.5. The molecule has 24 heavy (non-hydrogen) atoms. The fourth-order valence-electron chi connectivity index (χ4n) is 3.70. The molecule has 1 aromatic heterocycles. The van der Waals surface area contributed by atoms with Crippen LogP contribution in [0.25, 0.3) is 11.0 Å². The zero-order valence-electron chi connectivity index (χ0n) is 13.6. The Bertz CT molecular complexity index is 765. The SMILES string of the molecule is CC1CN(C(=O)c2cc3cc(Cl)ccc3o2)CC2(CCCOC2)O1. The van der Waals surface area contributed by atoms with E-state index in [-0.39, 0.29) is 17.6 Å². The maximum atomic E-state index is 12.9. The summed E-state index contributed by atoms with van der Waals surface area (Å²) in [5, 5.41) is 1.46. The Labute approximate surface area is 145 Å². The van der Waals surface area contributed by atoms with Crippen LogP contribution >= 0.6 is 11.6 Å². The van der Waals surface area contributed by atoms with E-state index in [2.05, 4.69) is 0 Å². The zero-order valence-corrected chi connectivity index (χ0v) is 14.3. The van der Waals surface area contributed by atoms with Gasteiger partial charge in [0.05, 0.1) is 19.3 Å². The minimum Gasteiger partial charge on any atom is -0.451 e. The second kappa shape index (κ2) is 6.06. The molecule has 4 rings (SSSR count). The molecule has 2 aliphatic rings. The molecule has 1 aromatic carbocycles. The first-order valence-electron chi connectivity index (χ1n) is 8.29. The lowest BCUT2D eigenvalue weighted by molar-refractivity contribution is -0.188. The van der Waals surface area contributed by atoms with Crippen LogP contribution in [-0.2, 0) is 9.47 Å². The zero-order chi connectivity index (χ0) is 16.7. The van der Waals surface area contributed by atoms with Crippen molar-refractivity contribution in [1.29, 1.82) is 0 Å².